The van der Waals surface area contributed by atoms with Gasteiger partial charge >= 0.3 is 5.97 Å². The van der Waals surface area contributed by atoms with Crippen molar-refractivity contribution in [3.63, 3.8) is 0 Å². The summed E-state index contributed by atoms with van der Waals surface area (Å²) in [5, 5.41) is 21.1. The monoisotopic (exact) mass is 286 g/mol. The SMILES string of the molecule is CC(CO)Nc1ncc(Cl)c(N2CC(C(=O)O)C2)n1. The van der Waals surface area contributed by atoms with E-state index in [-0.39, 0.29) is 18.6 Å². The number of anilines is 2. The van der Waals surface area contributed by atoms with Crippen molar-refractivity contribution in [2.45, 2.75) is 13.0 Å². The smallest absolute Gasteiger partial charge is 0.310 e. The van der Waals surface area contributed by atoms with Gasteiger partial charge in [0.1, 0.15) is 5.02 Å². The van der Waals surface area contributed by atoms with Crippen molar-refractivity contribution in [3.8, 4) is 0 Å². The van der Waals surface area contributed by atoms with E-state index in [1.807, 2.05) is 0 Å². The number of hydrogen-bond donors (Lipinski definition) is 3. The number of nitrogens with zero attached hydrogens (tertiary/aromatic N) is 3. The van der Waals surface area contributed by atoms with Crippen LogP contribution in [0.25, 0.3) is 0 Å². The van der Waals surface area contributed by atoms with Gasteiger partial charge < -0.3 is 20.4 Å². The van der Waals surface area contributed by atoms with Gasteiger partial charge in [0.25, 0.3) is 0 Å². The Morgan fingerprint density at radius 1 is 1.68 bits per heavy atom. The number of carbonyl (C=O) groups is 1. The van der Waals surface area contributed by atoms with Crippen LogP contribution in [-0.4, -0.2) is 51.9 Å². The van der Waals surface area contributed by atoms with E-state index in [0.717, 1.165) is 0 Å². The highest BCUT2D eigenvalue weighted by molar-refractivity contribution is 6.32. The highest BCUT2D eigenvalue weighted by atomic mass is 35.5. The Labute approximate surface area is 115 Å². The minimum atomic E-state index is -0.811. The lowest BCUT2D eigenvalue weighted by Crippen LogP contribution is -2.51. The summed E-state index contributed by atoms with van der Waals surface area (Å²) in [6.07, 6.45) is 1.46. The number of aliphatic carboxylic acids is 1. The molecule has 0 amide bonds. The number of rotatable bonds is 5. The van der Waals surface area contributed by atoms with E-state index < -0.39 is 5.97 Å². The van der Waals surface area contributed by atoms with E-state index in [4.69, 9.17) is 21.8 Å². The van der Waals surface area contributed by atoms with Crippen molar-refractivity contribution in [3.05, 3.63) is 11.2 Å². The zero-order valence-corrected chi connectivity index (χ0v) is 11.1. The molecular weight excluding hydrogens is 272 g/mol. The van der Waals surface area contributed by atoms with Gasteiger partial charge in [-0.2, -0.15) is 4.98 Å². The fourth-order valence-electron chi connectivity index (χ4n) is 1.72. The summed E-state index contributed by atoms with van der Waals surface area (Å²) in [6, 6.07) is -0.169. The molecule has 0 bridgehead atoms. The summed E-state index contributed by atoms with van der Waals surface area (Å²) in [4.78, 5) is 20.8. The van der Waals surface area contributed by atoms with Gasteiger partial charge in [0.2, 0.25) is 5.95 Å². The molecular formula is C11H15ClN4O3. The third kappa shape index (κ3) is 3.05. The van der Waals surface area contributed by atoms with Crippen LogP contribution in [0.4, 0.5) is 11.8 Å². The molecule has 1 saturated heterocycles. The van der Waals surface area contributed by atoms with Gasteiger partial charge in [-0.15, -0.1) is 0 Å². The van der Waals surface area contributed by atoms with E-state index >= 15 is 0 Å². The van der Waals surface area contributed by atoms with Crippen molar-refractivity contribution >= 4 is 29.3 Å². The highest BCUT2D eigenvalue weighted by Crippen LogP contribution is 2.29. The maximum Gasteiger partial charge on any atom is 0.310 e. The molecule has 0 spiro atoms. The summed E-state index contributed by atoms with van der Waals surface area (Å²) in [6.45, 7) is 2.54. The Balaban J connectivity index is 2.08. The number of nitrogens with one attached hydrogen (secondary N) is 1. The van der Waals surface area contributed by atoms with Gasteiger partial charge in [-0.1, -0.05) is 11.6 Å². The maximum absolute atomic E-state index is 10.8. The largest absolute Gasteiger partial charge is 0.481 e. The summed E-state index contributed by atoms with van der Waals surface area (Å²) in [5.74, 6) is -0.311. The maximum atomic E-state index is 10.8. The number of carboxylic acid groups (broad SMARTS) is 1. The third-order valence-electron chi connectivity index (χ3n) is 2.91. The van der Waals surface area contributed by atoms with Crippen molar-refractivity contribution in [2.75, 3.05) is 29.9 Å². The first-order valence-electron chi connectivity index (χ1n) is 5.89. The van der Waals surface area contributed by atoms with Crippen LogP contribution >= 0.6 is 11.6 Å². The van der Waals surface area contributed by atoms with Gasteiger partial charge in [0.05, 0.1) is 18.7 Å². The molecule has 1 atom stereocenters. The first kappa shape index (κ1) is 13.8. The van der Waals surface area contributed by atoms with Crippen LogP contribution in [0.1, 0.15) is 6.92 Å². The Hall–Kier alpha value is -1.60. The molecule has 19 heavy (non-hydrogen) atoms. The van der Waals surface area contributed by atoms with Crippen LogP contribution in [0.15, 0.2) is 6.20 Å². The lowest BCUT2D eigenvalue weighted by Gasteiger charge is -2.38. The van der Waals surface area contributed by atoms with Crippen molar-refractivity contribution in [1.82, 2.24) is 9.97 Å². The molecule has 3 N–H and O–H groups in total. The molecule has 104 valence electrons. The average Bonchev–Trinajstić information content (AvgIpc) is 2.30. The zero-order chi connectivity index (χ0) is 14.0. The molecule has 1 aliphatic heterocycles. The standard InChI is InChI=1S/C11H15ClN4O3/c1-6(5-17)14-11-13-2-8(12)9(15-11)16-3-7(4-16)10(18)19/h2,6-7,17H,3-5H2,1H3,(H,18,19)(H,13,14,15). The third-order valence-corrected chi connectivity index (χ3v) is 3.17. The van der Waals surface area contributed by atoms with Crippen LogP contribution in [0, 0.1) is 5.92 Å². The topological polar surface area (TPSA) is 98.6 Å². The fourth-order valence-corrected chi connectivity index (χ4v) is 1.93. The Morgan fingerprint density at radius 2 is 2.37 bits per heavy atom. The van der Waals surface area contributed by atoms with Crippen molar-refractivity contribution in [2.24, 2.45) is 5.92 Å². The summed E-state index contributed by atoms with van der Waals surface area (Å²) >= 11 is 6.01. The molecule has 1 aromatic heterocycles. The molecule has 8 heteroatoms. The first-order chi connectivity index (χ1) is 9.01. The first-order valence-corrected chi connectivity index (χ1v) is 6.26. The second kappa shape index (κ2) is 5.58. The fraction of sp³-hybridized carbons (Fsp3) is 0.545. The summed E-state index contributed by atoms with van der Waals surface area (Å²) in [5.41, 5.74) is 0. The quantitative estimate of drug-likeness (QED) is 0.722. The lowest BCUT2D eigenvalue weighted by molar-refractivity contribution is -0.142. The molecule has 0 aliphatic carbocycles. The number of halogens is 1. The summed E-state index contributed by atoms with van der Waals surface area (Å²) < 4.78 is 0. The van der Waals surface area contributed by atoms with E-state index in [1.54, 1.807) is 11.8 Å². The molecule has 2 heterocycles. The molecule has 1 aromatic rings. The van der Waals surface area contributed by atoms with Crippen LogP contribution < -0.4 is 10.2 Å². The number of aliphatic hydroxyl groups is 1. The normalized spacial score (nSPS) is 16.9. The predicted molar refractivity (Wildman–Crippen MR) is 70.6 cm³/mol. The van der Waals surface area contributed by atoms with Crippen molar-refractivity contribution in [1.29, 1.82) is 0 Å². The van der Waals surface area contributed by atoms with Gasteiger partial charge in [0.15, 0.2) is 5.82 Å². The summed E-state index contributed by atoms with van der Waals surface area (Å²) in [7, 11) is 0. The molecule has 1 fully saturated rings. The van der Waals surface area contributed by atoms with Crippen LogP contribution in [0.5, 0.6) is 0 Å². The lowest BCUT2D eigenvalue weighted by atomic mass is 10.0. The number of aliphatic hydroxyl groups excluding tert-OH is 1. The van der Waals surface area contributed by atoms with Crippen LogP contribution in [0.3, 0.4) is 0 Å². The van der Waals surface area contributed by atoms with Gasteiger partial charge in [0, 0.05) is 19.1 Å². The minimum absolute atomic E-state index is 0.0356. The van der Waals surface area contributed by atoms with Gasteiger partial charge in [-0.05, 0) is 6.92 Å². The van der Waals surface area contributed by atoms with E-state index in [1.165, 1.54) is 6.20 Å². The van der Waals surface area contributed by atoms with Crippen molar-refractivity contribution < 1.29 is 15.0 Å². The Kier molecular flexibility index (Phi) is 4.06. The van der Waals surface area contributed by atoms with Gasteiger partial charge in [-0.25, -0.2) is 4.98 Å². The van der Waals surface area contributed by atoms with E-state index in [9.17, 15) is 4.79 Å². The Bertz CT molecular complexity index is 479. The van der Waals surface area contributed by atoms with Crippen LogP contribution in [-0.2, 0) is 4.79 Å². The molecule has 0 saturated carbocycles. The van der Waals surface area contributed by atoms with Crippen LogP contribution in [0.2, 0.25) is 5.02 Å². The zero-order valence-electron chi connectivity index (χ0n) is 10.4. The highest BCUT2D eigenvalue weighted by Gasteiger charge is 2.34. The molecule has 2 rings (SSSR count). The minimum Gasteiger partial charge on any atom is -0.481 e. The molecule has 1 aliphatic rings. The van der Waals surface area contributed by atoms with Gasteiger partial charge in [-0.3, -0.25) is 4.79 Å². The van der Waals surface area contributed by atoms with E-state index in [2.05, 4.69) is 15.3 Å². The second-order valence-corrected chi connectivity index (χ2v) is 4.94. The second-order valence-electron chi connectivity index (χ2n) is 4.53. The van der Waals surface area contributed by atoms with E-state index in [0.29, 0.717) is 29.9 Å². The molecule has 0 radical (unpaired) electrons. The molecule has 7 nitrogen and oxygen atoms in total. The molecule has 0 aromatic carbocycles. The average molecular weight is 287 g/mol. The predicted octanol–water partition coefficient (Wildman–Crippen LogP) is 0.443. The molecule has 1 unspecified atom stereocenters. The Morgan fingerprint density at radius 3 is 2.95 bits per heavy atom. The number of hydrogen-bond acceptors (Lipinski definition) is 6. The number of aromatic nitrogens is 2. The number of carboxylic acids is 1.